The van der Waals surface area contributed by atoms with Gasteiger partial charge in [-0.25, -0.2) is 4.79 Å². The highest BCUT2D eigenvalue weighted by atomic mass is 16.5. The summed E-state index contributed by atoms with van der Waals surface area (Å²) in [5.41, 5.74) is -0.197. The molecule has 0 unspecified atom stereocenters. The number of aromatic nitrogens is 2. The molecule has 0 saturated carbocycles. The molecular formula is C16H23N3O4. The van der Waals surface area contributed by atoms with Crippen LogP contribution >= 0.6 is 0 Å². The van der Waals surface area contributed by atoms with E-state index in [1.165, 1.54) is 13.2 Å². The molecule has 7 heteroatoms. The van der Waals surface area contributed by atoms with Crippen molar-refractivity contribution in [3.8, 4) is 0 Å². The quantitative estimate of drug-likeness (QED) is 0.833. The van der Waals surface area contributed by atoms with E-state index in [9.17, 15) is 14.4 Å². The Morgan fingerprint density at radius 2 is 1.87 bits per heavy atom. The zero-order chi connectivity index (χ0) is 16.4. The first-order valence-corrected chi connectivity index (χ1v) is 8.14. The largest absolute Gasteiger partial charge is 0.381 e. The third kappa shape index (κ3) is 3.24. The summed E-state index contributed by atoms with van der Waals surface area (Å²) in [6.07, 6.45) is 5.56. The minimum absolute atomic E-state index is 0.0412. The van der Waals surface area contributed by atoms with E-state index in [2.05, 4.69) is 4.98 Å². The molecular weight excluding hydrogens is 298 g/mol. The molecule has 0 atom stereocenters. The Morgan fingerprint density at radius 3 is 2.52 bits per heavy atom. The van der Waals surface area contributed by atoms with Crippen LogP contribution in [0.25, 0.3) is 0 Å². The Kier molecular flexibility index (Phi) is 4.39. The maximum Gasteiger partial charge on any atom is 0.328 e. The topological polar surface area (TPSA) is 84.4 Å². The molecule has 2 aliphatic heterocycles. The molecule has 126 valence electrons. The average molecular weight is 321 g/mol. The number of nitrogens with one attached hydrogen (secondary N) is 1. The molecule has 0 bridgehead atoms. The maximum atomic E-state index is 12.4. The van der Waals surface area contributed by atoms with Crippen molar-refractivity contribution in [1.82, 2.24) is 14.5 Å². The summed E-state index contributed by atoms with van der Waals surface area (Å²) in [7, 11) is 1.41. The predicted octanol–water partition coefficient (Wildman–Crippen LogP) is 0.0353. The molecule has 2 saturated heterocycles. The standard InChI is InChI=1S/C16H23N3O4/c1-18-14(21)12(11-17-15(18)22)10-13(20)19-6-2-16(3-7-19)4-8-23-9-5-16/h11H,2-10H2,1H3,(H,17,22). The number of aromatic amines is 1. The van der Waals surface area contributed by atoms with Gasteiger partial charge in [0.2, 0.25) is 5.91 Å². The van der Waals surface area contributed by atoms with Crippen molar-refractivity contribution in [2.75, 3.05) is 26.3 Å². The Balaban J connectivity index is 1.63. The molecule has 1 aromatic rings. The minimum Gasteiger partial charge on any atom is -0.381 e. The fourth-order valence-electron chi connectivity index (χ4n) is 3.55. The molecule has 1 aromatic heterocycles. The van der Waals surface area contributed by atoms with Crippen LogP contribution in [-0.4, -0.2) is 46.7 Å². The van der Waals surface area contributed by atoms with Crippen molar-refractivity contribution in [2.24, 2.45) is 12.5 Å². The van der Waals surface area contributed by atoms with Gasteiger partial charge in [-0.3, -0.25) is 14.2 Å². The molecule has 0 aromatic carbocycles. The second kappa shape index (κ2) is 6.31. The fraction of sp³-hybridized carbons (Fsp3) is 0.688. The highest BCUT2D eigenvalue weighted by Crippen LogP contribution is 2.40. The van der Waals surface area contributed by atoms with Gasteiger partial charge in [0.05, 0.1) is 6.42 Å². The fourth-order valence-corrected chi connectivity index (χ4v) is 3.55. The normalized spacial score (nSPS) is 20.7. The summed E-state index contributed by atoms with van der Waals surface area (Å²) in [5, 5.41) is 0. The monoisotopic (exact) mass is 321 g/mol. The second-order valence-electron chi connectivity index (χ2n) is 6.65. The van der Waals surface area contributed by atoms with Gasteiger partial charge in [0.25, 0.3) is 5.56 Å². The van der Waals surface area contributed by atoms with E-state index < -0.39 is 11.2 Å². The molecule has 7 nitrogen and oxygen atoms in total. The first-order chi connectivity index (χ1) is 11.0. The zero-order valence-electron chi connectivity index (χ0n) is 13.5. The van der Waals surface area contributed by atoms with Crippen molar-refractivity contribution < 1.29 is 9.53 Å². The van der Waals surface area contributed by atoms with E-state index >= 15 is 0 Å². The van der Waals surface area contributed by atoms with Gasteiger partial charge in [-0.15, -0.1) is 0 Å². The highest BCUT2D eigenvalue weighted by molar-refractivity contribution is 5.78. The van der Waals surface area contributed by atoms with Gasteiger partial charge in [-0.05, 0) is 31.1 Å². The number of amides is 1. The van der Waals surface area contributed by atoms with Crippen molar-refractivity contribution in [2.45, 2.75) is 32.1 Å². The van der Waals surface area contributed by atoms with Gasteiger partial charge in [0.15, 0.2) is 0 Å². The SMILES string of the molecule is Cn1c(=O)[nH]cc(CC(=O)N2CCC3(CCOCC3)CC2)c1=O. The van der Waals surface area contributed by atoms with Gasteiger partial charge >= 0.3 is 5.69 Å². The molecule has 0 aliphatic carbocycles. The molecule has 1 N–H and O–H groups in total. The van der Waals surface area contributed by atoms with Crippen LogP contribution in [0.5, 0.6) is 0 Å². The number of hydrogen-bond acceptors (Lipinski definition) is 4. The van der Waals surface area contributed by atoms with E-state index in [0.29, 0.717) is 11.0 Å². The van der Waals surface area contributed by atoms with E-state index in [1.807, 2.05) is 4.90 Å². The van der Waals surface area contributed by atoms with Crippen molar-refractivity contribution in [1.29, 1.82) is 0 Å². The van der Waals surface area contributed by atoms with Crippen molar-refractivity contribution in [3.63, 3.8) is 0 Å². The number of nitrogens with zero attached hydrogens (tertiary/aromatic N) is 2. The van der Waals surface area contributed by atoms with Crippen molar-refractivity contribution in [3.05, 3.63) is 32.6 Å². The lowest BCUT2D eigenvalue weighted by Crippen LogP contribution is -2.46. The summed E-state index contributed by atoms with van der Waals surface area (Å²) in [4.78, 5) is 40.1. The predicted molar refractivity (Wildman–Crippen MR) is 84.3 cm³/mol. The summed E-state index contributed by atoms with van der Waals surface area (Å²) in [6.45, 7) is 3.12. The second-order valence-corrected chi connectivity index (χ2v) is 6.65. The Hall–Kier alpha value is -1.89. The average Bonchev–Trinajstić information content (AvgIpc) is 2.57. The lowest BCUT2D eigenvalue weighted by atomic mass is 9.72. The first kappa shape index (κ1) is 16.0. The lowest BCUT2D eigenvalue weighted by Gasteiger charge is -2.44. The van der Waals surface area contributed by atoms with Crippen LogP contribution in [0.3, 0.4) is 0 Å². The van der Waals surface area contributed by atoms with Gasteiger partial charge < -0.3 is 14.6 Å². The Bertz CT molecular complexity index is 690. The van der Waals surface area contributed by atoms with Gasteiger partial charge in [0.1, 0.15) is 0 Å². The highest BCUT2D eigenvalue weighted by Gasteiger charge is 2.37. The van der Waals surface area contributed by atoms with E-state index in [4.69, 9.17) is 4.74 Å². The van der Waals surface area contributed by atoms with Crippen LogP contribution in [0.4, 0.5) is 0 Å². The number of ether oxygens (including phenoxy) is 1. The van der Waals surface area contributed by atoms with Crippen molar-refractivity contribution >= 4 is 5.91 Å². The number of hydrogen-bond donors (Lipinski definition) is 1. The molecule has 2 fully saturated rings. The number of carbonyl (C=O) groups excluding carboxylic acids is 1. The van der Waals surface area contributed by atoms with Crippen LogP contribution in [0.15, 0.2) is 15.8 Å². The Morgan fingerprint density at radius 1 is 1.22 bits per heavy atom. The molecule has 1 amide bonds. The molecule has 23 heavy (non-hydrogen) atoms. The van der Waals surface area contributed by atoms with Crippen LogP contribution < -0.4 is 11.2 Å². The smallest absolute Gasteiger partial charge is 0.328 e. The summed E-state index contributed by atoms with van der Waals surface area (Å²) < 4.78 is 6.43. The molecule has 3 heterocycles. The number of carbonyl (C=O) groups is 1. The number of rotatable bonds is 2. The third-order valence-corrected chi connectivity index (χ3v) is 5.33. The van der Waals surface area contributed by atoms with Gasteiger partial charge in [-0.2, -0.15) is 0 Å². The van der Waals surface area contributed by atoms with Gasteiger partial charge in [-0.1, -0.05) is 0 Å². The third-order valence-electron chi connectivity index (χ3n) is 5.33. The molecule has 0 radical (unpaired) electrons. The van der Waals surface area contributed by atoms with Crippen LogP contribution in [0, 0.1) is 5.41 Å². The lowest BCUT2D eigenvalue weighted by molar-refractivity contribution is -0.134. The number of likely N-dealkylation sites (tertiary alicyclic amines) is 1. The molecule has 1 spiro atoms. The first-order valence-electron chi connectivity index (χ1n) is 8.14. The zero-order valence-corrected chi connectivity index (χ0v) is 13.5. The molecule has 3 rings (SSSR count). The maximum absolute atomic E-state index is 12.4. The summed E-state index contributed by atoms with van der Waals surface area (Å²) in [5.74, 6) is -0.0453. The van der Waals surface area contributed by atoms with E-state index in [0.717, 1.165) is 56.6 Å². The van der Waals surface area contributed by atoms with E-state index in [-0.39, 0.29) is 12.3 Å². The van der Waals surface area contributed by atoms with Crippen LogP contribution in [-0.2, 0) is 23.0 Å². The molecule has 2 aliphatic rings. The number of piperidine rings is 1. The van der Waals surface area contributed by atoms with Crippen LogP contribution in [0.1, 0.15) is 31.2 Å². The van der Waals surface area contributed by atoms with Gasteiger partial charge in [0, 0.05) is 45.1 Å². The number of H-pyrrole nitrogens is 1. The minimum atomic E-state index is -0.467. The van der Waals surface area contributed by atoms with Crippen LogP contribution in [0.2, 0.25) is 0 Å². The summed E-state index contributed by atoms with van der Waals surface area (Å²) in [6, 6.07) is 0. The Labute approximate surface area is 134 Å². The summed E-state index contributed by atoms with van der Waals surface area (Å²) >= 11 is 0. The van der Waals surface area contributed by atoms with E-state index in [1.54, 1.807) is 0 Å².